The normalized spacial score (nSPS) is 21.3. The Kier molecular flexibility index (Phi) is 3.85. The Balaban J connectivity index is 1.23. The topological polar surface area (TPSA) is 71.4 Å². The first kappa shape index (κ1) is 15.8. The SMILES string of the molecule is c1ccc2c(c1)CC(Nc1ncc(C3=NOC4(CCNCC4)C3)cn1)C2. The molecule has 1 aromatic heterocycles. The third-order valence-corrected chi connectivity index (χ3v) is 5.72. The first-order valence-corrected chi connectivity index (χ1v) is 9.41. The van der Waals surface area contributed by atoms with Crippen LogP contribution in [0.15, 0.2) is 41.8 Å². The summed E-state index contributed by atoms with van der Waals surface area (Å²) in [7, 11) is 0. The van der Waals surface area contributed by atoms with E-state index in [9.17, 15) is 0 Å². The molecule has 1 spiro atoms. The van der Waals surface area contributed by atoms with Crippen molar-refractivity contribution in [2.24, 2.45) is 5.16 Å². The number of anilines is 1. The van der Waals surface area contributed by atoms with Crippen LogP contribution < -0.4 is 10.6 Å². The van der Waals surface area contributed by atoms with Gasteiger partial charge in [-0.05, 0) is 37.1 Å². The molecule has 0 unspecified atom stereocenters. The van der Waals surface area contributed by atoms with Crippen LogP contribution in [-0.4, -0.2) is 40.4 Å². The highest BCUT2D eigenvalue weighted by Gasteiger charge is 2.40. The first-order valence-electron chi connectivity index (χ1n) is 9.41. The van der Waals surface area contributed by atoms with Crippen molar-refractivity contribution >= 4 is 11.7 Å². The van der Waals surface area contributed by atoms with Crippen LogP contribution in [0.3, 0.4) is 0 Å². The summed E-state index contributed by atoms with van der Waals surface area (Å²) in [6, 6.07) is 8.98. The van der Waals surface area contributed by atoms with E-state index < -0.39 is 0 Å². The fourth-order valence-corrected chi connectivity index (χ4v) is 4.22. The van der Waals surface area contributed by atoms with Crippen molar-refractivity contribution in [3.05, 3.63) is 53.3 Å². The minimum atomic E-state index is -0.118. The molecule has 1 saturated heterocycles. The van der Waals surface area contributed by atoms with Gasteiger partial charge in [0.25, 0.3) is 0 Å². The van der Waals surface area contributed by atoms with Gasteiger partial charge in [0.05, 0.1) is 5.71 Å². The minimum absolute atomic E-state index is 0.118. The second-order valence-corrected chi connectivity index (χ2v) is 7.55. The van der Waals surface area contributed by atoms with Crippen LogP contribution in [0.5, 0.6) is 0 Å². The Morgan fingerprint density at radius 1 is 1.04 bits per heavy atom. The van der Waals surface area contributed by atoms with Crippen molar-refractivity contribution in [1.82, 2.24) is 15.3 Å². The van der Waals surface area contributed by atoms with Crippen LogP contribution in [0.1, 0.15) is 36.0 Å². The van der Waals surface area contributed by atoms with E-state index >= 15 is 0 Å². The maximum atomic E-state index is 5.80. The molecule has 0 radical (unpaired) electrons. The Labute approximate surface area is 153 Å². The summed E-state index contributed by atoms with van der Waals surface area (Å²) >= 11 is 0. The van der Waals surface area contributed by atoms with Crippen molar-refractivity contribution < 1.29 is 4.84 Å². The largest absolute Gasteiger partial charge is 0.388 e. The van der Waals surface area contributed by atoms with Crippen LogP contribution in [0.4, 0.5) is 5.95 Å². The van der Waals surface area contributed by atoms with E-state index in [1.807, 2.05) is 12.4 Å². The van der Waals surface area contributed by atoms with Gasteiger partial charge in [-0.15, -0.1) is 0 Å². The number of aromatic nitrogens is 2. The smallest absolute Gasteiger partial charge is 0.222 e. The molecule has 3 aliphatic rings. The predicted molar refractivity (Wildman–Crippen MR) is 100 cm³/mol. The molecule has 0 atom stereocenters. The molecule has 3 heterocycles. The monoisotopic (exact) mass is 349 g/mol. The van der Waals surface area contributed by atoms with Crippen molar-refractivity contribution in [2.75, 3.05) is 18.4 Å². The molecule has 1 aliphatic carbocycles. The first-order chi connectivity index (χ1) is 12.8. The Bertz CT molecular complexity index is 801. The molecule has 2 aliphatic heterocycles. The van der Waals surface area contributed by atoms with Gasteiger partial charge in [-0.25, -0.2) is 9.97 Å². The highest BCUT2D eigenvalue weighted by molar-refractivity contribution is 6.01. The minimum Gasteiger partial charge on any atom is -0.388 e. The van der Waals surface area contributed by atoms with Gasteiger partial charge in [-0.1, -0.05) is 29.4 Å². The molecule has 2 aromatic rings. The number of fused-ring (bicyclic) bond motifs is 1. The van der Waals surface area contributed by atoms with Crippen LogP contribution in [0, 0.1) is 0 Å². The summed E-state index contributed by atoms with van der Waals surface area (Å²) in [6.45, 7) is 1.98. The van der Waals surface area contributed by atoms with Crippen molar-refractivity contribution in [3.63, 3.8) is 0 Å². The fourth-order valence-electron chi connectivity index (χ4n) is 4.22. The second-order valence-electron chi connectivity index (χ2n) is 7.55. The summed E-state index contributed by atoms with van der Waals surface area (Å²) in [5.41, 5.74) is 4.65. The van der Waals surface area contributed by atoms with Gasteiger partial charge in [0.15, 0.2) is 0 Å². The summed E-state index contributed by atoms with van der Waals surface area (Å²) in [4.78, 5) is 14.8. The van der Waals surface area contributed by atoms with Gasteiger partial charge in [-0.3, -0.25) is 0 Å². The second kappa shape index (κ2) is 6.36. The molecule has 2 N–H and O–H groups in total. The highest BCUT2D eigenvalue weighted by atomic mass is 16.7. The molecular weight excluding hydrogens is 326 g/mol. The van der Waals surface area contributed by atoms with E-state index in [1.54, 1.807) is 0 Å². The molecule has 6 nitrogen and oxygen atoms in total. The van der Waals surface area contributed by atoms with Crippen molar-refractivity contribution in [1.29, 1.82) is 0 Å². The van der Waals surface area contributed by atoms with Crippen molar-refractivity contribution in [2.45, 2.75) is 43.7 Å². The molecule has 0 amide bonds. The number of benzene rings is 1. The summed E-state index contributed by atoms with van der Waals surface area (Å²) in [6.07, 6.45) is 8.63. The van der Waals surface area contributed by atoms with Gasteiger partial charge in [-0.2, -0.15) is 0 Å². The molecule has 5 rings (SSSR count). The summed E-state index contributed by atoms with van der Waals surface area (Å²) < 4.78 is 0. The van der Waals surface area contributed by atoms with E-state index in [4.69, 9.17) is 4.84 Å². The zero-order valence-electron chi connectivity index (χ0n) is 14.7. The van der Waals surface area contributed by atoms with Crippen LogP contribution >= 0.6 is 0 Å². The number of piperidine rings is 1. The van der Waals surface area contributed by atoms with E-state index in [2.05, 4.69) is 50.0 Å². The highest BCUT2D eigenvalue weighted by Crippen LogP contribution is 2.34. The number of hydrogen-bond donors (Lipinski definition) is 2. The van der Waals surface area contributed by atoms with Crippen molar-refractivity contribution in [3.8, 4) is 0 Å². The lowest BCUT2D eigenvalue weighted by atomic mass is 9.87. The number of nitrogens with zero attached hydrogens (tertiary/aromatic N) is 3. The quantitative estimate of drug-likeness (QED) is 0.890. The predicted octanol–water partition coefficient (Wildman–Crippen LogP) is 2.30. The average Bonchev–Trinajstić information content (AvgIpc) is 3.27. The average molecular weight is 349 g/mol. The number of rotatable bonds is 3. The Morgan fingerprint density at radius 2 is 1.73 bits per heavy atom. The molecule has 6 heteroatoms. The molecule has 1 aromatic carbocycles. The summed E-state index contributed by atoms with van der Waals surface area (Å²) in [5.74, 6) is 0.683. The van der Waals surface area contributed by atoms with E-state index in [-0.39, 0.29) is 5.60 Å². The molecular formula is C20H23N5O. The van der Waals surface area contributed by atoms with Crippen LogP contribution in [-0.2, 0) is 17.7 Å². The van der Waals surface area contributed by atoms with E-state index in [1.165, 1.54) is 11.1 Å². The zero-order chi connectivity index (χ0) is 17.4. The van der Waals surface area contributed by atoms with Gasteiger partial charge in [0.2, 0.25) is 5.95 Å². The maximum absolute atomic E-state index is 5.80. The zero-order valence-corrected chi connectivity index (χ0v) is 14.7. The van der Waals surface area contributed by atoms with Gasteiger partial charge >= 0.3 is 0 Å². The fraction of sp³-hybridized carbons (Fsp3) is 0.450. The van der Waals surface area contributed by atoms with E-state index in [0.29, 0.717) is 12.0 Å². The van der Waals surface area contributed by atoms with E-state index in [0.717, 1.165) is 56.5 Å². The molecule has 0 bridgehead atoms. The number of oxime groups is 1. The third-order valence-electron chi connectivity index (χ3n) is 5.72. The molecule has 1 fully saturated rings. The maximum Gasteiger partial charge on any atom is 0.222 e. The standard InChI is InChI=1S/C20H23N5O/c1-2-4-15-10-17(9-14(15)3-1)24-19-22-12-16(13-23-19)18-11-20(26-25-18)5-7-21-8-6-20/h1-4,12-13,17,21H,5-11H2,(H,22,23,24). The Morgan fingerprint density at radius 3 is 2.42 bits per heavy atom. The molecule has 134 valence electrons. The van der Waals surface area contributed by atoms with Crippen LogP contribution in [0.2, 0.25) is 0 Å². The van der Waals surface area contributed by atoms with Gasteiger partial charge in [0, 0.05) is 43.3 Å². The van der Waals surface area contributed by atoms with Gasteiger partial charge < -0.3 is 15.5 Å². The third kappa shape index (κ3) is 2.94. The number of hydrogen-bond acceptors (Lipinski definition) is 6. The lowest BCUT2D eigenvalue weighted by Gasteiger charge is -2.30. The molecule has 0 saturated carbocycles. The molecule has 26 heavy (non-hydrogen) atoms. The number of nitrogens with one attached hydrogen (secondary N) is 2. The van der Waals surface area contributed by atoms with Crippen LogP contribution in [0.25, 0.3) is 0 Å². The Hall–Kier alpha value is -2.47. The lowest BCUT2D eigenvalue weighted by molar-refractivity contribution is -0.0400. The lowest BCUT2D eigenvalue weighted by Crippen LogP contribution is -2.42. The summed E-state index contributed by atoms with van der Waals surface area (Å²) in [5, 5.41) is 11.2. The van der Waals surface area contributed by atoms with Gasteiger partial charge in [0.1, 0.15) is 5.60 Å².